The van der Waals surface area contributed by atoms with Gasteiger partial charge in [0.1, 0.15) is 0 Å². The van der Waals surface area contributed by atoms with E-state index in [1.807, 2.05) is 43.3 Å². The van der Waals surface area contributed by atoms with Gasteiger partial charge in [0, 0.05) is 12.2 Å². The Morgan fingerprint density at radius 2 is 1.85 bits per heavy atom. The van der Waals surface area contributed by atoms with Crippen molar-refractivity contribution in [2.24, 2.45) is 0 Å². The Labute approximate surface area is 116 Å². The molecule has 0 radical (unpaired) electrons. The van der Waals surface area contributed by atoms with Crippen molar-refractivity contribution in [3.05, 3.63) is 59.0 Å². The molecule has 3 aromatic rings. The van der Waals surface area contributed by atoms with E-state index in [1.54, 1.807) is 12.1 Å². The van der Waals surface area contributed by atoms with Gasteiger partial charge in [-0.05, 0) is 31.2 Å². The molecule has 0 saturated heterocycles. The van der Waals surface area contributed by atoms with Gasteiger partial charge in [0.05, 0.1) is 16.5 Å². The third-order valence-electron chi connectivity index (χ3n) is 3.06. The van der Waals surface area contributed by atoms with Crippen LogP contribution in [0.1, 0.15) is 6.92 Å². The van der Waals surface area contributed by atoms with Crippen LogP contribution in [0.4, 0.5) is 5.69 Å². The minimum absolute atomic E-state index is 0.338. The summed E-state index contributed by atoms with van der Waals surface area (Å²) in [6.07, 6.45) is 0. The van der Waals surface area contributed by atoms with E-state index in [0.29, 0.717) is 16.8 Å². The van der Waals surface area contributed by atoms with Crippen LogP contribution in [0, 0.1) is 0 Å². The zero-order valence-corrected chi connectivity index (χ0v) is 11.1. The smallest absolute Gasteiger partial charge is 0.347 e. The van der Waals surface area contributed by atoms with Crippen molar-refractivity contribution in [1.29, 1.82) is 0 Å². The molecular formula is C16H14N2O2. The van der Waals surface area contributed by atoms with Crippen molar-refractivity contribution in [1.82, 2.24) is 4.98 Å². The number of nitrogens with zero attached hydrogens (tertiary/aromatic N) is 1. The fourth-order valence-corrected chi connectivity index (χ4v) is 2.15. The fraction of sp³-hybridized carbons (Fsp3) is 0.125. The molecule has 0 fully saturated rings. The molecule has 0 atom stereocenters. The number of anilines is 1. The summed E-state index contributed by atoms with van der Waals surface area (Å²) in [5.74, 6) is 0.338. The first kappa shape index (κ1) is 12.4. The predicted octanol–water partition coefficient (Wildman–Crippen LogP) is 3.29. The zero-order chi connectivity index (χ0) is 13.9. The molecule has 0 bridgehead atoms. The van der Waals surface area contributed by atoms with Gasteiger partial charge >= 0.3 is 5.63 Å². The second-order valence-electron chi connectivity index (χ2n) is 4.40. The molecule has 100 valence electrons. The standard InChI is InChI=1S/C16H14N2O2/c1-2-17-13-9-5-3-7-11(13)15-18-14-10-6-4-8-12(14)16(19)20-15/h3-10,17H,2H2,1H3. The molecule has 0 amide bonds. The predicted molar refractivity (Wildman–Crippen MR) is 79.9 cm³/mol. The van der Waals surface area contributed by atoms with E-state index in [4.69, 9.17) is 4.42 Å². The van der Waals surface area contributed by atoms with Gasteiger partial charge in [-0.25, -0.2) is 9.78 Å². The number of benzene rings is 2. The molecule has 4 nitrogen and oxygen atoms in total. The summed E-state index contributed by atoms with van der Waals surface area (Å²) in [4.78, 5) is 16.5. The largest absolute Gasteiger partial charge is 0.403 e. The van der Waals surface area contributed by atoms with Crippen molar-refractivity contribution >= 4 is 16.6 Å². The van der Waals surface area contributed by atoms with E-state index >= 15 is 0 Å². The van der Waals surface area contributed by atoms with Crippen LogP contribution in [0.25, 0.3) is 22.4 Å². The van der Waals surface area contributed by atoms with Crippen molar-refractivity contribution < 1.29 is 4.42 Å². The maximum absolute atomic E-state index is 12.0. The molecule has 0 spiro atoms. The molecular weight excluding hydrogens is 252 g/mol. The Morgan fingerprint density at radius 1 is 1.10 bits per heavy atom. The van der Waals surface area contributed by atoms with E-state index in [1.165, 1.54) is 0 Å². The van der Waals surface area contributed by atoms with Gasteiger partial charge < -0.3 is 9.73 Å². The molecule has 4 heteroatoms. The molecule has 0 aliphatic heterocycles. The van der Waals surface area contributed by atoms with Crippen LogP contribution in [0.15, 0.2) is 57.7 Å². The Balaban J connectivity index is 2.23. The second kappa shape index (κ2) is 5.17. The maximum Gasteiger partial charge on any atom is 0.347 e. The quantitative estimate of drug-likeness (QED) is 0.790. The normalized spacial score (nSPS) is 10.7. The minimum Gasteiger partial charge on any atom is -0.403 e. The molecule has 0 unspecified atom stereocenters. The SMILES string of the molecule is CCNc1ccccc1-c1nc2ccccc2c(=O)o1. The highest BCUT2D eigenvalue weighted by atomic mass is 16.4. The molecule has 20 heavy (non-hydrogen) atoms. The van der Waals surface area contributed by atoms with Crippen LogP contribution in [-0.2, 0) is 0 Å². The van der Waals surface area contributed by atoms with Crippen LogP contribution in [-0.4, -0.2) is 11.5 Å². The number of hydrogen-bond acceptors (Lipinski definition) is 4. The summed E-state index contributed by atoms with van der Waals surface area (Å²) in [5, 5.41) is 3.74. The average Bonchev–Trinajstić information content (AvgIpc) is 2.48. The molecule has 3 rings (SSSR count). The lowest BCUT2D eigenvalue weighted by Crippen LogP contribution is -2.04. The first-order valence-corrected chi connectivity index (χ1v) is 6.52. The lowest BCUT2D eigenvalue weighted by molar-refractivity contribution is 0.518. The highest BCUT2D eigenvalue weighted by Gasteiger charge is 2.11. The van der Waals surface area contributed by atoms with Crippen LogP contribution >= 0.6 is 0 Å². The molecule has 0 aliphatic carbocycles. The summed E-state index contributed by atoms with van der Waals surface area (Å²) in [6, 6.07) is 14.8. The third kappa shape index (κ3) is 2.16. The van der Waals surface area contributed by atoms with E-state index in [2.05, 4.69) is 10.3 Å². The Bertz CT molecular complexity index is 809. The van der Waals surface area contributed by atoms with Crippen LogP contribution in [0.2, 0.25) is 0 Å². The number of rotatable bonds is 3. The van der Waals surface area contributed by atoms with E-state index < -0.39 is 0 Å². The van der Waals surface area contributed by atoms with E-state index in [9.17, 15) is 4.79 Å². The van der Waals surface area contributed by atoms with Gasteiger partial charge in [-0.3, -0.25) is 0 Å². The minimum atomic E-state index is -0.364. The van der Waals surface area contributed by atoms with Crippen LogP contribution < -0.4 is 10.9 Å². The average molecular weight is 266 g/mol. The van der Waals surface area contributed by atoms with Gasteiger partial charge in [-0.1, -0.05) is 24.3 Å². The monoisotopic (exact) mass is 266 g/mol. The lowest BCUT2D eigenvalue weighted by Gasteiger charge is -2.09. The van der Waals surface area contributed by atoms with Gasteiger partial charge in [-0.15, -0.1) is 0 Å². The topological polar surface area (TPSA) is 55.1 Å². The third-order valence-corrected chi connectivity index (χ3v) is 3.06. The molecule has 2 aromatic carbocycles. The lowest BCUT2D eigenvalue weighted by atomic mass is 10.1. The highest BCUT2D eigenvalue weighted by Crippen LogP contribution is 2.26. The molecule has 1 N–H and O–H groups in total. The van der Waals surface area contributed by atoms with Gasteiger partial charge in [0.25, 0.3) is 0 Å². The first-order valence-electron chi connectivity index (χ1n) is 6.52. The molecule has 0 saturated carbocycles. The Morgan fingerprint density at radius 3 is 2.70 bits per heavy atom. The van der Waals surface area contributed by atoms with Crippen molar-refractivity contribution in [2.75, 3.05) is 11.9 Å². The number of fused-ring (bicyclic) bond motifs is 1. The van der Waals surface area contributed by atoms with Crippen molar-refractivity contribution in [3.63, 3.8) is 0 Å². The molecule has 0 aliphatic rings. The van der Waals surface area contributed by atoms with Crippen LogP contribution in [0.3, 0.4) is 0 Å². The van der Waals surface area contributed by atoms with E-state index in [0.717, 1.165) is 17.8 Å². The van der Waals surface area contributed by atoms with Crippen molar-refractivity contribution in [2.45, 2.75) is 6.92 Å². The van der Waals surface area contributed by atoms with Gasteiger partial charge in [0.15, 0.2) is 0 Å². The number of aromatic nitrogens is 1. The number of nitrogens with one attached hydrogen (secondary N) is 1. The van der Waals surface area contributed by atoms with Crippen molar-refractivity contribution in [3.8, 4) is 11.5 Å². The van der Waals surface area contributed by atoms with Gasteiger partial charge in [-0.2, -0.15) is 0 Å². The summed E-state index contributed by atoms with van der Waals surface area (Å²) in [7, 11) is 0. The Hall–Kier alpha value is -2.62. The first-order chi connectivity index (χ1) is 9.79. The number of hydrogen-bond donors (Lipinski definition) is 1. The fourth-order valence-electron chi connectivity index (χ4n) is 2.15. The second-order valence-corrected chi connectivity index (χ2v) is 4.40. The summed E-state index contributed by atoms with van der Waals surface area (Å²) >= 11 is 0. The van der Waals surface area contributed by atoms with Gasteiger partial charge in [0.2, 0.25) is 5.89 Å². The van der Waals surface area contributed by atoms with E-state index in [-0.39, 0.29) is 5.63 Å². The maximum atomic E-state index is 12.0. The zero-order valence-electron chi connectivity index (χ0n) is 11.1. The molecule has 1 aromatic heterocycles. The molecule has 1 heterocycles. The Kier molecular flexibility index (Phi) is 3.21. The number of para-hydroxylation sites is 2. The summed E-state index contributed by atoms with van der Waals surface area (Å²) in [6.45, 7) is 2.80. The van der Waals surface area contributed by atoms with Crippen LogP contribution in [0.5, 0.6) is 0 Å². The summed E-state index contributed by atoms with van der Waals surface area (Å²) < 4.78 is 5.36. The highest BCUT2D eigenvalue weighted by molar-refractivity contribution is 5.80. The summed E-state index contributed by atoms with van der Waals surface area (Å²) in [5.41, 5.74) is 1.97.